The summed E-state index contributed by atoms with van der Waals surface area (Å²) in [6, 6.07) is 10.3. The molecule has 0 amide bonds. The second-order valence-electron chi connectivity index (χ2n) is 7.45. The number of aryl methyl sites for hydroxylation is 1. The van der Waals surface area contributed by atoms with Crippen LogP contribution in [0, 0.1) is 0 Å². The van der Waals surface area contributed by atoms with Gasteiger partial charge in [0.05, 0.1) is 38.6 Å². The normalized spacial score (nSPS) is 16.8. The molecule has 1 atom stereocenters. The summed E-state index contributed by atoms with van der Waals surface area (Å²) in [5, 5.41) is 12.2. The van der Waals surface area contributed by atoms with Crippen molar-refractivity contribution in [1.29, 1.82) is 0 Å². The Bertz CT molecular complexity index is 969. The smallest absolute Gasteiger partial charge is 0.194 e. The van der Waals surface area contributed by atoms with E-state index in [1.165, 1.54) is 5.56 Å². The molecule has 166 valence electrons. The Hall–Kier alpha value is -2.40. The van der Waals surface area contributed by atoms with Crippen molar-refractivity contribution in [2.24, 2.45) is 12.0 Å². The number of halogens is 1. The molecule has 8 nitrogen and oxygen atoms in total. The van der Waals surface area contributed by atoms with E-state index in [-0.39, 0.29) is 30.1 Å². The average molecular weight is 535 g/mol. The van der Waals surface area contributed by atoms with E-state index >= 15 is 0 Å². The predicted octanol–water partition coefficient (Wildman–Crippen LogP) is 2.82. The molecule has 1 N–H and O–H groups in total. The zero-order chi connectivity index (χ0) is 20.8. The number of aromatic nitrogens is 4. The van der Waals surface area contributed by atoms with Gasteiger partial charge in [-0.2, -0.15) is 10.2 Å². The van der Waals surface area contributed by atoms with Crippen molar-refractivity contribution in [2.75, 3.05) is 26.2 Å². The summed E-state index contributed by atoms with van der Waals surface area (Å²) in [7, 11) is 1.92. The van der Waals surface area contributed by atoms with Crippen molar-refractivity contribution in [3.63, 3.8) is 0 Å². The molecule has 0 aliphatic carbocycles. The topological polar surface area (TPSA) is 72.5 Å². The number of hydrogen-bond donors (Lipinski definition) is 1. The van der Waals surface area contributed by atoms with E-state index < -0.39 is 0 Å². The number of nitrogens with one attached hydrogen (secondary N) is 1. The number of aliphatic imine (C=N–C) groups is 1. The van der Waals surface area contributed by atoms with Crippen molar-refractivity contribution in [2.45, 2.75) is 26.1 Å². The minimum atomic E-state index is 0. The zero-order valence-corrected chi connectivity index (χ0v) is 20.3. The molecule has 0 radical (unpaired) electrons. The molecule has 1 aliphatic heterocycles. The number of hydrogen-bond acceptors (Lipinski definition) is 4. The SMILES string of the molecule is CCNC(=NCc1cnn(Cc2ccccc2)c1)N1CCOC(c2cnn(C)c2)C1.I. The first kappa shape index (κ1) is 23.3. The van der Waals surface area contributed by atoms with Gasteiger partial charge in [-0.3, -0.25) is 9.36 Å². The maximum atomic E-state index is 5.97. The van der Waals surface area contributed by atoms with E-state index in [4.69, 9.17) is 9.73 Å². The van der Waals surface area contributed by atoms with Crippen molar-refractivity contribution >= 4 is 29.9 Å². The largest absolute Gasteiger partial charge is 0.370 e. The molecule has 1 unspecified atom stereocenters. The van der Waals surface area contributed by atoms with Crippen LogP contribution in [0.3, 0.4) is 0 Å². The van der Waals surface area contributed by atoms with E-state index in [1.807, 2.05) is 53.2 Å². The summed E-state index contributed by atoms with van der Waals surface area (Å²) in [6.07, 6.45) is 7.86. The molecule has 3 heterocycles. The van der Waals surface area contributed by atoms with Gasteiger partial charge in [0.1, 0.15) is 6.10 Å². The lowest BCUT2D eigenvalue weighted by Crippen LogP contribution is -2.48. The van der Waals surface area contributed by atoms with E-state index in [0.29, 0.717) is 13.2 Å². The summed E-state index contributed by atoms with van der Waals surface area (Å²) in [5.74, 6) is 0.908. The molecular weight excluding hydrogens is 505 g/mol. The van der Waals surface area contributed by atoms with Crippen molar-refractivity contribution in [3.05, 3.63) is 71.8 Å². The highest BCUT2D eigenvalue weighted by Crippen LogP contribution is 2.21. The second-order valence-corrected chi connectivity index (χ2v) is 7.45. The van der Waals surface area contributed by atoms with Crippen LogP contribution in [0.25, 0.3) is 0 Å². The van der Waals surface area contributed by atoms with Gasteiger partial charge in [-0.05, 0) is 12.5 Å². The molecule has 2 aromatic heterocycles. The molecule has 0 saturated carbocycles. The van der Waals surface area contributed by atoms with Crippen molar-refractivity contribution < 1.29 is 4.74 Å². The number of ether oxygens (including phenoxy) is 1. The van der Waals surface area contributed by atoms with Crippen LogP contribution in [0.4, 0.5) is 0 Å². The Morgan fingerprint density at radius 2 is 2.00 bits per heavy atom. The Balaban J connectivity index is 0.00000272. The van der Waals surface area contributed by atoms with Gasteiger partial charge in [-0.1, -0.05) is 30.3 Å². The summed E-state index contributed by atoms with van der Waals surface area (Å²) < 4.78 is 9.74. The van der Waals surface area contributed by atoms with Crippen molar-refractivity contribution in [1.82, 2.24) is 29.8 Å². The predicted molar refractivity (Wildman–Crippen MR) is 131 cm³/mol. The first-order chi connectivity index (χ1) is 14.7. The van der Waals surface area contributed by atoms with Crippen LogP contribution in [0.1, 0.15) is 29.7 Å². The first-order valence-corrected chi connectivity index (χ1v) is 10.4. The highest BCUT2D eigenvalue weighted by atomic mass is 127. The van der Waals surface area contributed by atoms with Crippen LogP contribution in [0.2, 0.25) is 0 Å². The lowest BCUT2D eigenvalue weighted by atomic mass is 10.1. The minimum absolute atomic E-state index is 0. The Kier molecular flexibility index (Phi) is 8.47. The van der Waals surface area contributed by atoms with E-state index in [1.54, 1.807) is 0 Å². The minimum Gasteiger partial charge on any atom is -0.370 e. The van der Waals surface area contributed by atoms with Crippen LogP contribution in [-0.2, 0) is 24.9 Å². The van der Waals surface area contributed by atoms with Crippen molar-refractivity contribution in [3.8, 4) is 0 Å². The molecule has 4 rings (SSSR count). The zero-order valence-electron chi connectivity index (χ0n) is 18.0. The molecule has 31 heavy (non-hydrogen) atoms. The van der Waals surface area contributed by atoms with Gasteiger partial charge >= 0.3 is 0 Å². The fraction of sp³-hybridized carbons (Fsp3) is 0.409. The number of morpholine rings is 1. The molecule has 0 spiro atoms. The van der Waals surface area contributed by atoms with Gasteiger partial charge in [-0.15, -0.1) is 24.0 Å². The van der Waals surface area contributed by atoms with Crippen LogP contribution >= 0.6 is 24.0 Å². The molecule has 1 aliphatic rings. The summed E-state index contributed by atoms with van der Waals surface area (Å²) in [4.78, 5) is 7.13. The Morgan fingerprint density at radius 1 is 1.16 bits per heavy atom. The molecule has 1 saturated heterocycles. The van der Waals surface area contributed by atoms with Gasteiger partial charge in [-0.25, -0.2) is 4.99 Å². The summed E-state index contributed by atoms with van der Waals surface area (Å²) >= 11 is 0. The Morgan fingerprint density at radius 3 is 2.74 bits per heavy atom. The summed E-state index contributed by atoms with van der Waals surface area (Å²) in [6.45, 7) is 6.50. The average Bonchev–Trinajstić information content (AvgIpc) is 3.41. The summed E-state index contributed by atoms with van der Waals surface area (Å²) in [5.41, 5.74) is 3.43. The third-order valence-corrected chi connectivity index (χ3v) is 5.08. The lowest BCUT2D eigenvalue weighted by Gasteiger charge is -2.34. The van der Waals surface area contributed by atoms with Gasteiger partial charge in [0, 0.05) is 43.7 Å². The molecular formula is C22H30IN7O. The first-order valence-electron chi connectivity index (χ1n) is 10.4. The number of guanidine groups is 1. The van der Waals surface area contributed by atoms with E-state index in [0.717, 1.165) is 43.3 Å². The maximum absolute atomic E-state index is 5.97. The second kappa shape index (κ2) is 11.3. The fourth-order valence-corrected chi connectivity index (χ4v) is 3.59. The highest BCUT2D eigenvalue weighted by Gasteiger charge is 2.25. The van der Waals surface area contributed by atoms with E-state index in [2.05, 4.69) is 45.7 Å². The van der Waals surface area contributed by atoms with Crippen LogP contribution in [0.15, 0.2) is 60.1 Å². The van der Waals surface area contributed by atoms with Crippen LogP contribution in [0.5, 0.6) is 0 Å². The quantitative estimate of drug-likeness (QED) is 0.299. The number of rotatable bonds is 6. The molecule has 1 aromatic carbocycles. The highest BCUT2D eigenvalue weighted by molar-refractivity contribution is 14.0. The fourth-order valence-electron chi connectivity index (χ4n) is 3.59. The molecule has 0 bridgehead atoms. The lowest BCUT2D eigenvalue weighted by molar-refractivity contribution is -0.00805. The Labute approximate surface area is 200 Å². The number of nitrogens with zero attached hydrogens (tertiary/aromatic N) is 6. The third-order valence-electron chi connectivity index (χ3n) is 5.08. The van der Waals surface area contributed by atoms with Gasteiger partial charge in [0.2, 0.25) is 0 Å². The molecule has 9 heteroatoms. The molecule has 3 aromatic rings. The van der Waals surface area contributed by atoms with E-state index in [9.17, 15) is 0 Å². The third kappa shape index (κ3) is 6.30. The monoisotopic (exact) mass is 535 g/mol. The van der Waals surface area contributed by atoms with Gasteiger partial charge in [0.15, 0.2) is 5.96 Å². The van der Waals surface area contributed by atoms with Gasteiger partial charge < -0.3 is 15.0 Å². The van der Waals surface area contributed by atoms with Gasteiger partial charge in [0.25, 0.3) is 0 Å². The standard InChI is InChI=1S/C22H29N7O.HI/c1-3-23-22(28-9-10-30-21(17-28)20-13-25-27(2)16-20)24-11-19-12-26-29(15-19)14-18-7-5-4-6-8-18;/h4-8,12-13,15-16,21H,3,9-11,14,17H2,1-2H3,(H,23,24);1H. The number of benzene rings is 1. The maximum Gasteiger partial charge on any atom is 0.194 e. The van der Waals surface area contributed by atoms with Crippen LogP contribution < -0.4 is 5.32 Å². The molecule has 1 fully saturated rings. The van der Waals surface area contributed by atoms with Crippen LogP contribution in [-0.4, -0.2) is 56.7 Å².